The van der Waals surface area contributed by atoms with E-state index >= 15 is 0 Å². The minimum atomic E-state index is 0.466. The lowest BCUT2D eigenvalue weighted by molar-refractivity contribution is -0.109. The van der Waals surface area contributed by atoms with E-state index in [1.165, 1.54) is 32.1 Å². The summed E-state index contributed by atoms with van der Waals surface area (Å²) in [7, 11) is 1.81. The Bertz CT molecular complexity index is 248. The lowest BCUT2D eigenvalue weighted by Gasteiger charge is -2.47. The van der Waals surface area contributed by atoms with Crippen molar-refractivity contribution in [3.63, 3.8) is 0 Å². The van der Waals surface area contributed by atoms with Crippen LogP contribution in [0.15, 0.2) is 0 Å². The van der Waals surface area contributed by atoms with Crippen molar-refractivity contribution in [2.45, 2.75) is 57.2 Å². The Morgan fingerprint density at radius 3 is 3.00 bits per heavy atom. The number of nitrogens with one attached hydrogen (secondary N) is 1. The first kappa shape index (κ1) is 15.2. The molecule has 2 fully saturated rings. The summed E-state index contributed by atoms with van der Waals surface area (Å²) >= 11 is 0. The normalized spacial score (nSPS) is 30.0. The topological polar surface area (TPSA) is 33.7 Å². The molecule has 4 nitrogen and oxygen atoms in total. The number of morpholine rings is 1. The Labute approximate surface area is 117 Å². The molecule has 0 bridgehead atoms. The smallest absolute Gasteiger partial charge is 0.0731 e. The number of rotatable bonds is 7. The van der Waals surface area contributed by atoms with E-state index < -0.39 is 0 Å². The van der Waals surface area contributed by atoms with E-state index in [-0.39, 0.29) is 0 Å². The van der Waals surface area contributed by atoms with E-state index in [2.05, 4.69) is 17.1 Å². The first-order valence-electron chi connectivity index (χ1n) is 7.93. The molecule has 112 valence electrons. The van der Waals surface area contributed by atoms with Gasteiger partial charge in [0.15, 0.2) is 0 Å². The van der Waals surface area contributed by atoms with Crippen LogP contribution >= 0.6 is 0 Å². The average Bonchev–Trinajstić information content (AvgIpc) is 2.46. The maximum absolute atomic E-state index is 5.96. The van der Waals surface area contributed by atoms with Crippen LogP contribution < -0.4 is 5.32 Å². The minimum absolute atomic E-state index is 0.466. The number of hydrogen-bond acceptors (Lipinski definition) is 4. The van der Waals surface area contributed by atoms with Gasteiger partial charge in [-0.05, 0) is 25.8 Å². The molecule has 1 saturated heterocycles. The van der Waals surface area contributed by atoms with E-state index in [0.29, 0.717) is 18.2 Å². The maximum Gasteiger partial charge on any atom is 0.0731 e. The van der Waals surface area contributed by atoms with Gasteiger partial charge in [0.25, 0.3) is 0 Å². The second-order valence-electron chi connectivity index (χ2n) is 5.81. The molecule has 4 heteroatoms. The predicted molar refractivity (Wildman–Crippen MR) is 77.5 cm³/mol. The van der Waals surface area contributed by atoms with Gasteiger partial charge in [-0.2, -0.15) is 0 Å². The molecule has 1 aliphatic heterocycles. The highest BCUT2D eigenvalue weighted by molar-refractivity contribution is 4.91. The Kier molecular flexibility index (Phi) is 6.57. The lowest BCUT2D eigenvalue weighted by atomic mass is 9.89. The van der Waals surface area contributed by atoms with Crippen LogP contribution in [-0.2, 0) is 9.47 Å². The lowest BCUT2D eigenvalue weighted by Crippen LogP contribution is -2.59. The van der Waals surface area contributed by atoms with E-state index in [1.807, 2.05) is 7.11 Å². The second kappa shape index (κ2) is 8.20. The Balaban J connectivity index is 1.93. The van der Waals surface area contributed by atoms with Crippen molar-refractivity contribution in [3.05, 3.63) is 0 Å². The van der Waals surface area contributed by atoms with Gasteiger partial charge < -0.3 is 14.8 Å². The summed E-state index contributed by atoms with van der Waals surface area (Å²) < 4.78 is 11.4. The van der Waals surface area contributed by atoms with Gasteiger partial charge in [0.1, 0.15) is 0 Å². The number of fused-ring (bicyclic) bond motifs is 1. The Morgan fingerprint density at radius 1 is 1.37 bits per heavy atom. The maximum atomic E-state index is 5.96. The van der Waals surface area contributed by atoms with Crippen LogP contribution in [0.3, 0.4) is 0 Å². The van der Waals surface area contributed by atoms with Crippen LogP contribution in [0.25, 0.3) is 0 Å². The number of methoxy groups -OCH3 is 1. The van der Waals surface area contributed by atoms with Gasteiger partial charge in [0, 0.05) is 32.3 Å². The molecule has 0 radical (unpaired) electrons. The molecule has 19 heavy (non-hydrogen) atoms. The van der Waals surface area contributed by atoms with Crippen molar-refractivity contribution >= 4 is 0 Å². The summed E-state index contributed by atoms with van der Waals surface area (Å²) in [4.78, 5) is 2.65. The van der Waals surface area contributed by atoms with E-state index in [4.69, 9.17) is 9.47 Å². The Morgan fingerprint density at radius 2 is 2.21 bits per heavy atom. The van der Waals surface area contributed by atoms with Gasteiger partial charge in [-0.15, -0.1) is 0 Å². The van der Waals surface area contributed by atoms with Crippen molar-refractivity contribution < 1.29 is 9.47 Å². The molecule has 0 amide bonds. The second-order valence-corrected chi connectivity index (χ2v) is 5.81. The molecular weight excluding hydrogens is 240 g/mol. The molecule has 1 saturated carbocycles. The number of nitrogens with zero attached hydrogens (tertiary/aromatic N) is 1. The third kappa shape index (κ3) is 4.15. The van der Waals surface area contributed by atoms with Crippen LogP contribution in [-0.4, -0.2) is 63.0 Å². The van der Waals surface area contributed by atoms with Crippen LogP contribution in [0.5, 0.6) is 0 Å². The van der Waals surface area contributed by atoms with Crippen molar-refractivity contribution in [3.8, 4) is 0 Å². The summed E-state index contributed by atoms with van der Waals surface area (Å²) in [6, 6.07) is 1.11. The summed E-state index contributed by atoms with van der Waals surface area (Å²) in [5, 5.41) is 3.55. The molecule has 2 aliphatic rings. The summed E-state index contributed by atoms with van der Waals surface area (Å²) in [5.74, 6) is 0. The molecule has 1 aliphatic carbocycles. The summed E-state index contributed by atoms with van der Waals surface area (Å²) in [6.45, 7) is 7.10. The van der Waals surface area contributed by atoms with Crippen molar-refractivity contribution in [1.29, 1.82) is 0 Å². The molecular formula is C15H30N2O2. The highest BCUT2D eigenvalue weighted by Gasteiger charge is 2.37. The summed E-state index contributed by atoms with van der Waals surface area (Å²) in [6.07, 6.45) is 6.87. The van der Waals surface area contributed by atoms with Crippen LogP contribution in [0, 0.1) is 0 Å². The number of hydrogen-bond donors (Lipinski definition) is 1. The average molecular weight is 270 g/mol. The fourth-order valence-corrected chi connectivity index (χ4v) is 3.49. The first-order chi connectivity index (χ1) is 9.36. The van der Waals surface area contributed by atoms with Gasteiger partial charge in [-0.1, -0.05) is 19.8 Å². The van der Waals surface area contributed by atoms with E-state index in [1.54, 1.807) is 0 Å². The van der Waals surface area contributed by atoms with E-state index in [9.17, 15) is 0 Å². The SMILES string of the molecule is CCCNCC(COC)N1CCOC2CCCCC21. The minimum Gasteiger partial charge on any atom is -0.383 e. The Hall–Kier alpha value is -0.160. The molecule has 2 rings (SSSR count). The monoisotopic (exact) mass is 270 g/mol. The van der Waals surface area contributed by atoms with Gasteiger partial charge in [-0.3, -0.25) is 4.90 Å². The highest BCUT2D eigenvalue weighted by atomic mass is 16.5. The van der Waals surface area contributed by atoms with Gasteiger partial charge >= 0.3 is 0 Å². The van der Waals surface area contributed by atoms with Crippen molar-refractivity contribution in [1.82, 2.24) is 10.2 Å². The molecule has 0 spiro atoms. The molecule has 0 aromatic heterocycles. The van der Waals surface area contributed by atoms with Gasteiger partial charge in [0.2, 0.25) is 0 Å². The third-order valence-corrected chi connectivity index (χ3v) is 4.41. The standard InChI is InChI=1S/C15H30N2O2/c1-3-8-16-11-13(12-18-2)17-9-10-19-15-7-5-4-6-14(15)17/h13-16H,3-12H2,1-2H3. The van der Waals surface area contributed by atoms with Crippen LogP contribution in [0.1, 0.15) is 39.0 Å². The largest absolute Gasteiger partial charge is 0.383 e. The number of ether oxygens (including phenoxy) is 2. The van der Waals surface area contributed by atoms with Gasteiger partial charge in [0.05, 0.1) is 19.3 Å². The zero-order valence-corrected chi connectivity index (χ0v) is 12.6. The molecule has 3 unspecified atom stereocenters. The molecule has 0 aromatic rings. The first-order valence-corrected chi connectivity index (χ1v) is 7.93. The highest BCUT2D eigenvalue weighted by Crippen LogP contribution is 2.29. The molecule has 1 heterocycles. The zero-order chi connectivity index (χ0) is 13.5. The molecule has 3 atom stereocenters. The van der Waals surface area contributed by atoms with E-state index in [0.717, 1.165) is 32.8 Å². The molecule has 1 N–H and O–H groups in total. The predicted octanol–water partition coefficient (Wildman–Crippen LogP) is 1.64. The fraction of sp³-hybridized carbons (Fsp3) is 1.00. The third-order valence-electron chi connectivity index (χ3n) is 4.41. The fourth-order valence-electron chi connectivity index (χ4n) is 3.49. The van der Waals surface area contributed by atoms with Crippen molar-refractivity contribution in [2.75, 3.05) is 40.0 Å². The van der Waals surface area contributed by atoms with Crippen LogP contribution in [0.4, 0.5) is 0 Å². The zero-order valence-electron chi connectivity index (χ0n) is 12.6. The quantitative estimate of drug-likeness (QED) is 0.713. The van der Waals surface area contributed by atoms with Crippen molar-refractivity contribution in [2.24, 2.45) is 0 Å². The molecule has 0 aromatic carbocycles. The van der Waals surface area contributed by atoms with Gasteiger partial charge in [-0.25, -0.2) is 0 Å². The van der Waals surface area contributed by atoms with Crippen LogP contribution in [0.2, 0.25) is 0 Å². The summed E-state index contributed by atoms with van der Waals surface area (Å²) in [5.41, 5.74) is 0.